The third-order valence-corrected chi connectivity index (χ3v) is 27.0. The van der Waals surface area contributed by atoms with E-state index >= 15 is 0 Å². The SMILES string of the molecule is CCC(=O)N[C@H]1C[C@@H](COCCS(=O)(=O)O)N(CC(=O)C[C@H](C(=O)N[C@@H](C)C(=O)Cc2ccc(COC(=O)N(CCOC34CC5(C)CC(C)(CC(Cn6ncc(-c7ccc(N8CCc9cccc(C(=O)Nc%10nc%11ccccc%11s%10)c9C8)nc7C(=O)O)c6C)(C5)C3)C4)CCS(=O)(=O)O)c(CC[C@@H]3CC(C(=O)O)[C@@H](O)[C@H](O)[C@H]3O)c2)C(C)C)C1=O. The lowest BCUT2D eigenvalue weighted by Gasteiger charge is -2.69. The lowest BCUT2D eigenvalue weighted by Crippen LogP contribution is -2.64. The van der Waals surface area contributed by atoms with Gasteiger partial charge in [0, 0.05) is 80.3 Å². The number of aliphatic hydroxyl groups excluding tert-OH is 3. The number of benzene rings is 3. The first-order valence-corrected chi connectivity index (χ1v) is 44.3. The summed E-state index contributed by atoms with van der Waals surface area (Å²) in [4.78, 5) is 135. The average molecular weight is 1710 g/mol. The van der Waals surface area contributed by atoms with E-state index in [2.05, 4.69) is 34.8 Å². The number of nitrogens with zero attached hydrogens (tertiary/aromatic N) is 7. The maximum atomic E-state index is 14.5. The molecule has 6 fully saturated rings. The van der Waals surface area contributed by atoms with Gasteiger partial charge in [0.1, 0.15) is 24.6 Å². The standard InChI is InChI=1S/C83H106N10O23S3/c1-8-68(96)86-64-33-55(39-114-27-29-119(111,112)113)92(75(64)102)36-56(94)34-59(47(2)3)74(101)85-48(4)65(95)31-50-16-17-54(52(30-50)18-19-53-32-60(76(103)104)71(98)72(99)70(53)97)38-115-79(107)90(25-28-118(108,109)110)24-26-116-83-43-80(6)40-81(7,44-83)42-82(41-80,45-83)46-93-49(5)61(35-84-93)57-20-21-67(88-69(57)77(105)106)91-23-22-51-12-11-13-58(62(51)37-91)73(100)89-78-87-63-14-9-10-15-66(63)117-78/h9-17,20-21,30,35,47-48,53,55,59-60,64,70-72,97-99H,8,18-19,22-29,31-34,36-46H2,1-7H3,(H,85,101)(H,86,96)(H,103,104)(H,105,106)(H,87,89,100)(H,108,109,110)(H,111,112,113)/t48-,53+,55-,59-,60?,64-,70-,71+,72+,80?,81?,82?,83?/m0/s1. The van der Waals surface area contributed by atoms with Crippen molar-refractivity contribution in [3.8, 4) is 11.1 Å². The molecular weight excluding hydrogens is 1600 g/mol. The zero-order chi connectivity index (χ0) is 86.0. The van der Waals surface area contributed by atoms with Gasteiger partial charge in [0.15, 0.2) is 22.4 Å². The van der Waals surface area contributed by atoms with Crippen LogP contribution >= 0.6 is 11.3 Å². The smallest absolute Gasteiger partial charge is 0.410 e. The van der Waals surface area contributed by atoms with Crippen molar-refractivity contribution in [3.05, 3.63) is 124 Å². The topological polar surface area (TPSA) is 481 Å². The molecule has 5 amide bonds. The van der Waals surface area contributed by atoms with Gasteiger partial charge in [-0.05, 0) is 171 Å². The van der Waals surface area contributed by atoms with Crippen LogP contribution in [0.25, 0.3) is 21.3 Å². The number of carbonyl (C=O) groups excluding carboxylic acids is 7. The molecule has 4 bridgehead atoms. The van der Waals surface area contributed by atoms with Crippen LogP contribution in [0.4, 0.5) is 15.7 Å². The highest BCUT2D eigenvalue weighted by atomic mass is 32.2. The number of nitrogens with one attached hydrogen (secondary N) is 3. The van der Waals surface area contributed by atoms with E-state index in [9.17, 15) is 94.6 Å². The zero-order valence-electron chi connectivity index (χ0n) is 67.7. The van der Waals surface area contributed by atoms with Crippen molar-refractivity contribution >= 4 is 106 Å². The predicted molar refractivity (Wildman–Crippen MR) is 435 cm³/mol. The monoisotopic (exact) mass is 1710 g/mol. The number of rotatable bonds is 37. The molecule has 10 N–H and O–H groups in total. The minimum absolute atomic E-state index is 0.0284. The fourth-order valence-electron chi connectivity index (χ4n) is 19.8. The molecular formula is C83H106N10O23S3. The number of carbonyl (C=O) groups is 9. The predicted octanol–water partition coefficient (Wildman–Crippen LogP) is 7.02. The second-order valence-electron chi connectivity index (χ2n) is 34.5. The van der Waals surface area contributed by atoms with E-state index < -0.39 is 171 Å². The van der Waals surface area contributed by atoms with Crippen LogP contribution < -0.4 is 20.9 Å². The van der Waals surface area contributed by atoms with Gasteiger partial charge >= 0.3 is 18.0 Å². The van der Waals surface area contributed by atoms with Gasteiger partial charge < -0.3 is 65.1 Å². The van der Waals surface area contributed by atoms with E-state index in [1.54, 1.807) is 63.4 Å². The maximum absolute atomic E-state index is 14.5. The zero-order valence-corrected chi connectivity index (χ0v) is 70.1. The highest BCUT2D eigenvalue weighted by Gasteiger charge is 2.66. The molecule has 11 atom stereocenters. The Bertz CT molecular complexity index is 5060. The van der Waals surface area contributed by atoms with Crippen LogP contribution in [0.15, 0.2) is 79.0 Å². The third kappa shape index (κ3) is 21.2. The lowest BCUT2D eigenvalue weighted by atomic mass is 9.39. The molecule has 119 heavy (non-hydrogen) atoms. The molecule has 5 aliphatic carbocycles. The summed E-state index contributed by atoms with van der Waals surface area (Å²) >= 11 is 1.38. The van der Waals surface area contributed by atoms with Gasteiger partial charge in [0.05, 0.1) is 90.1 Å². The number of likely N-dealkylation sites (tertiary alicyclic amines) is 1. The number of para-hydroxylation sites is 1. The van der Waals surface area contributed by atoms with E-state index in [1.807, 2.05) is 52.9 Å². The number of aromatic carboxylic acids is 1. The van der Waals surface area contributed by atoms with Crippen LogP contribution in [0.1, 0.15) is 167 Å². The number of aryl methyl sites for hydroxylation is 1. The molecule has 5 heterocycles. The number of pyridine rings is 1. The van der Waals surface area contributed by atoms with Crippen LogP contribution in [0.5, 0.6) is 0 Å². The van der Waals surface area contributed by atoms with E-state index in [0.29, 0.717) is 89.6 Å². The lowest BCUT2D eigenvalue weighted by molar-refractivity contribution is -0.248. The van der Waals surface area contributed by atoms with Crippen molar-refractivity contribution in [1.29, 1.82) is 0 Å². The first kappa shape index (κ1) is 89.0. The Morgan fingerprint density at radius 2 is 1.53 bits per heavy atom. The molecule has 0 spiro atoms. The minimum Gasteiger partial charge on any atom is -0.481 e. The number of hydrogen-bond donors (Lipinski definition) is 10. The number of hydrogen-bond acceptors (Lipinski definition) is 24. The molecule has 2 aliphatic heterocycles. The summed E-state index contributed by atoms with van der Waals surface area (Å²) in [7, 11) is -9.01. The number of aliphatic hydroxyl groups is 3. The second-order valence-corrected chi connectivity index (χ2v) is 38.7. The number of ketones is 2. The molecule has 6 aromatic rings. The molecule has 0 radical (unpaired) electrons. The van der Waals surface area contributed by atoms with Gasteiger partial charge in [0.2, 0.25) is 17.7 Å². The maximum Gasteiger partial charge on any atom is 0.410 e. The van der Waals surface area contributed by atoms with Crippen molar-refractivity contribution < 1.29 is 109 Å². The number of aromatic nitrogens is 4. The van der Waals surface area contributed by atoms with Crippen LogP contribution in [0, 0.1) is 46.8 Å². The van der Waals surface area contributed by atoms with E-state index in [0.717, 1.165) is 51.2 Å². The second kappa shape index (κ2) is 36.2. The molecule has 7 aliphatic rings. The Kier molecular flexibility index (Phi) is 27.1. The Morgan fingerprint density at radius 3 is 2.22 bits per heavy atom. The summed E-state index contributed by atoms with van der Waals surface area (Å²) in [5.74, 6) is -10.5. The molecule has 1 saturated heterocycles. The van der Waals surface area contributed by atoms with Gasteiger partial charge in [-0.2, -0.15) is 21.9 Å². The van der Waals surface area contributed by atoms with Crippen LogP contribution in [-0.2, 0) is 102 Å². The molecule has 3 aromatic heterocycles. The van der Waals surface area contributed by atoms with E-state index in [1.165, 1.54) is 23.2 Å². The van der Waals surface area contributed by atoms with Gasteiger partial charge in [-0.15, -0.1) is 0 Å². The molecule has 33 nitrogen and oxygen atoms in total. The van der Waals surface area contributed by atoms with Gasteiger partial charge in [-0.25, -0.2) is 19.6 Å². The molecule has 3 unspecified atom stereocenters. The van der Waals surface area contributed by atoms with E-state index in [-0.39, 0.29) is 92.6 Å². The summed E-state index contributed by atoms with van der Waals surface area (Å²) in [5.41, 5.74) is 4.41. The third-order valence-electron chi connectivity index (χ3n) is 24.6. The summed E-state index contributed by atoms with van der Waals surface area (Å²) in [6, 6.07) is 18.7. The summed E-state index contributed by atoms with van der Waals surface area (Å²) in [6.07, 6.45) is 0.0529. The molecule has 644 valence electrons. The summed E-state index contributed by atoms with van der Waals surface area (Å²) < 4.78 is 87.9. The first-order chi connectivity index (χ1) is 56.1. The van der Waals surface area contributed by atoms with Crippen LogP contribution in [-0.4, -0.2) is 234 Å². The largest absolute Gasteiger partial charge is 0.481 e. The Labute approximate surface area is 693 Å². The number of carboxylic acids is 2. The van der Waals surface area contributed by atoms with Crippen LogP contribution in [0.2, 0.25) is 0 Å². The van der Waals surface area contributed by atoms with Crippen molar-refractivity contribution in [2.24, 2.45) is 39.9 Å². The number of thiazole rings is 1. The van der Waals surface area contributed by atoms with Gasteiger partial charge in [0.25, 0.3) is 26.1 Å². The number of amides is 5. The number of ether oxygens (including phenoxy) is 3. The number of aliphatic carboxylic acids is 1. The fraction of sp³-hybridized carbons (Fsp3) is 0.566. The highest BCUT2D eigenvalue weighted by molar-refractivity contribution is 7.86. The number of Topliss-reactive ketones (excluding diaryl/α,β-unsaturated/α-hetero) is 2. The van der Waals surface area contributed by atoms with Crippen molar-refractivity contribution in [2.45, 2.75) is 200 Å². The highest BCUT2D eigenvalue weighted by Crippen LogP contribution is 2.72. The van der Waals surface area contributed by atoms with Crippen molar-refractivity contribution in [3.63, 3.8) is 0 Å². The van der Waals surface area contributed by atoms with Crippen LogP contribution in [0.3, 0.4) is 0 Å². The Morgan fingerprint density at radius 1 is 0.798 bits per heavy atom. The molecule has 3 aromatic carbocycles. The average Bonchev–Trinajstić information content (AvgIpc) is 0.777. The molecule has 36 heteroatoms. The number of anilines is 2. The van der Waals surface area contributed by atoms with Gasteiger partial charge in [-0.3, -0.25) is 52.7 Å². The minimum atomic E-state index is -4.64. The number of fused-ring (bicyclic) bond motifs is 2. The van der Waals surface area contributed by atoms with E-state index in [4.69, 9.17) is 24.3 Å². The van der Waals surface area contributed by atoms with Crippen molar-refractivity contribution in [1.82, 2.24) is 40.2 Å². The molecule has 13 rings (SSSR count). The quantitative estimate of drug-likeness (QED) is 0.0138. The number of carboxylic acid groups (broad SMARTS) is 2. The first-order valence-electron chi connectivity index (χ1n) is 40.3. The van der Waals surface area contributed by atoms with Crippen molar-refractivity contribution in [2.75, 3.05) is 67.7 Å². The Balaban J connectivity index is 0.705. The Hall–Kier alpha value is -9.24. The van der Waals surface area contributed by atoms with Gasteiger partial charge in [-0.1, -0.05) is 88.4 Å². The molecule has 5 saturated carbocycles. The summed E-state index contributed by atoms with van der Waals surface area (Å²) in [6.45, 7) is 11.8. The summed E-state index contributed by atoms with van der Waals surface area (Å²) in [5, 5.41) is 67.1. The normalized spacial score (nSPS) is 25.2. The fourth-order valence-corrected chi connectivity index (χ4v) is 21.5.